The molecule has 0 radical (unpaired) electrons. The summed E-state index contributed by atoms with van der Waals surface area (Å²) in [5.74, 6) is 0.0106. The minimum atomic E-state index is -3.29. The van der Waals surface area contributed by atoms with Gasteiger partial charge in [0, 0.05) is 0 Å². The lowest BCUT2D eigenvalue weighted by Gasteiger charge is -2.22. The standard InChI is InChI=1S/C8H17O4P/c1-4-11-13(10,12-5-2)8(9)6-7(8)3/h7,9H,4-6H2,1-3H3/t7-,8?/m0/s1. The van der Waals surface area contributed by atoms with E-state index in [1.807, 2.05) is 6.92 Å². The molecule has 78 valence electrons. The highest BCUT2D eigenvalue weighted by molar-refractivity contribution is 7.55. The molecule has 13 heavy (non-hydrogen) atoms. The summed E-state index contributed by atoms with van der Waals surface area (Å²) in [5.41, 5.74) is 0. The predicted molar refractivity (Wildman–Crippen MR) is 49.6 cm³/mol. The quantitative estimate of drug-likeness (QED) is 0.702. The first-order valence-electron chi connectivity index (χ1n) is 4.61. The molecule has 2 atom stereocenters. The van der Waals surface area contributed by atoms with Crippen LogP contribution in [0.5, 0.6) is 0 Å². The molecule has 1 rings (SSSR count). The monoisotopic (exact) mass is 208 g/mol. The Bertz CT molecular complexity index is 220. The molecule has 1 saturated carbocycles. The van der Waals surface area contributed by atoms with E-state index >= 15 is 0 Å². The maximum absolute atomic E-state index is 12.0. The van der Waals surface area contributed by atoms with Crippen molar-refractivity contribution >= 4 is 7.60 Å². The van der Waals surface area contributed by atoms with Crippen LogP contribution in [0.2, 0.25) is 0 Å². The summed E-state index contributed by atoms with van der Waals surface area (Å²) < 4.78 is 22.1. The smallest absolute Gasteiger partial charge is 0.362 e. The van der Waals surface area contributed by atoms with Crippen LogP contribution in [0.4, 0.5) is 0 Å². The van der Waals surface area contributed by atoms with E-state index in [4.69, 9.17) is 9.05 Å². The number of hydrogen-bond donors (Lipinski definition) is 1. The first-order chi connectivity index (χ1) is 6.00. The molecule has 0 spiro atoms. The number of aliphatic hydroxyl groups is 1. The predicted octanol–water partition coefficient (Wildman–Crippen LogP) is 1.98. The molecule has 4 nitrogen and oxygen atoms in total. The molecule has 0 saturated heterocycles. The van der Waals surface area contributed by atoms with Crippen LogP contribution in [0.15, 0.2) is 0 Å². The van der Waals surface area contributed by atoms with Gasteiger partial charge < -0.3 is 14.2 Å². The molecule has 0 aromatic heterocycles. The summed E-state index contributed by atoms with van der Waals surface area (Å²) in [4.78, 5) is 0. The average molecular weight is 208 g/mol. The van der Waals surface area contributed by atoms with Crippen molar-refractivity contribution < 1.29 is 18.7 Å². The molecule has 0 aromatic rings. The lowest BCUT2D eigenvalue weighted by Crippen LogP contribution is -2.15. The Kier molecular flexibility index (Phi) is 3.18. The van der Waals surface area contributed by atoms with Crippen LogP contribution in [0.1, 0.15) is 27.2 Å². The first-order valence-corrected chi connectivity index (χ1v) is 6.16. The van der Waals surface area contributed by atoms with E-state index < -0.39 is 12.9 Å². The molecule has 0 amide bonds. The zero-order valence-electron chi connectivity index (χ0n) is 8.32. The van der Waals surface area contributed by atoms with Crippen LogP contribution < -0.4 is 0 Å². The van der Waals surface area contributed by atoms with E-state index in [2.05, 4.69) is 0 Å². The fraction of sp³-hybridized carbons (Fsp3) is 1.00. The Morgan fingerprint density at radius 1 is 1.46 bits per heavy atom. The van der Waals surface area contributed by atoms with E-state index in [0.29, 0.717) is 19.6 Å². The second-order valence-corrected chi connectivity index (χ2v) is 5.60. The molecule has 1 unspecified atom stereocenters. The Morgan fingerprint density at radius 2 is 1.85 bits per heavy atom. The molecule has 0 aromatic carbocycles. The lowest BCUT2D eigenvalue weighted by molar-refractivity contribution is 0.128. The summed E-state index contributed by atoms with van der Waals surface area (Å²) >= 11 is 0. The zero-order valence-corrected chi connectivity index (χ0v) is 9.21. The van der Waals surface area contributed by atoms with Crippen molar-refractivity contribution in [3.63, 3.8) is 0 Å². The summed E-state index contributed by atoms with van der Waals surface area (Å²) in [7, 11) is -3.29. The van der Waals surface area contributed by atoms with Crippen LogP contribution in [0, 0.1) is 5.92 Å². The zero-order chi connectivity index (χ0) is 10.1. The van der Waals surface area contributed by atoms with Gasteiger partial charge in [-0.3, -0.25) is 4.57 Å². The highest BCUT2D eigenvalue weighted by atomic mass is 31.2. The van der Waals surface area contributed by atoms with Crippen LogP contribution in [-0.4, -0.2) is 23.7 Å². The molecule has 1 N–H and O–H groups in total. The average Bonchev–Trinajstić information content (AvgIpc) is 2.62. The van der Waals surface area contributed by atoms with E-state index in [-0.39, 0.29) is 5.92 Å². The normalized spacial score (nSPS) is 33.4. The molecule has 1 aliphatic carbocycles. The lowest BCUT2D eigenvalue weighted by atomic mass is 10.5. The molecule has 1 aliphatic rings. The minimum Gasteiger partial charge on any atom is -0.377 e. The van der Waals surface area contributed by atoms with Gasteiger partial charge in [0.05, 0.1) is 13.2 Å². The van der Waals surface area contributed by atoms with Crippen LogP contribution in [-0.2, 0) is 13.6 Å². The van der Waals surface area contributed by atoms with Crippen LogP contribution in [0.3, 0.4) is 0 Å². The summed E-state index contributed by atoms with van der Waals surface area (Å²) in [6, 6.07) is 0. The molecule has 5 heteroatoms. The van der Waals surface area contributed by atoms with Gasteiger partial charge in [0.1, 0.15) is 0 Å². The van der Waals surface area contributed by atoms with Gasteiger partial charge in [0.25, 0.3) is 0 Å². The van der Waals surface area contributed by atoms with E-state index in [1.54, 1.807) is 13.8 Å². The summed E-state index contributed by atoms with van der Waals surface area (Å²) in [6.07, 6.45) is 0.504. The third kappa shape index (κ3) is 1.82. The van der Waals surface area contributed by atoms with Crippen LogP contribution >= 0.6 is 7.60 Å². The topological polar surface area (TPSA) is 55.8 Å². The first kappa shape index (κ1) is 11.2. The molecular weight excluding hydrogens is 191 g/mol. The van der Waals surface area contributed by atoms with Gasteiger partial charge in [0.2, 0.25) is 0 Å². The largest absolute Gasteiger partial charge is 0.377 e. The molecular formula is C8H17O4P. The second kappa shape index (κ2) is 3.70. The van der Waals surface area contributed by atoms with Crippen LogP contribution in [0.25, 0.3) is 0 Å². The van der Waals surface area contributed by atoms with Crippen molar-refractivity contribution in [3.05, 3.63) is 0 Å². The fourth-order valence-corrected chi connectivity index (χ4v) is 3.61. The van der Waals surface area contributed by atoms with Crippen molar-refractivity contribution in [2.75, 3.05) is 13.2 Å². The second-order valence-electron chi connectivity index (χ2n) is 3.32. The highest BCUT2D eigenvalue weighted by Gasteiger charge is 2.65. The van der Waals surface area contributed by atoms with Gasteiger partial charge in [-0.1, -0.05) is 6.92 Å². The maximum Gasteiger partial charge on any atom is 0.362 e. The molecule has 0 heterocycles. The molecule has 0 bridgehead atoms. The Hall–Kier alpha value is 0.110. The van der Waals surface area contributed by atoms with Gasteiger partial charge in [-0.15, -0.1) is 0 Å². The number of rotatable bonds is 5. The van der Waals surface area contributed by atoms with E-state index in [9.17, 15) is 9.67 Å². The molecule has 1 fully saturated rings. The molecule has 0 aliphatic heterocycles. The van der Waals surface area contributed by atoms with Gasteiger partial charge >= 0.3 is 7.60 Å². The van der Waals surface area contributed by atoms with E-state index in [1.165, 1.54) is 0 Å². The Morgan fingerprint density at radius 3 is 2.08 bits per heavy atom. The van der Waals surface area contributed by atoms with Gasteiger partial charge in [0.15, 0.2) is 5.34 Å². The minimum absolute atomic E-state index is 0.0106. The summed E-state index contributed by atoms with van der Waals surface area (Å²) in [6.45, 7) is 5.91. The van der Waals surface area contributed by atoms with Gasteiger partial charge in [-0.2, -0.15) is 0 Å². The van der Waals surface area contributed by atoms with Crippen molar-refractivity contribution in [3.8, 4) is 0 Å². The van der Waals surface area contributed by atoms with Gasteiger partial charge in [-0.25, -0.2) is 0 Å². The number of hydrogen-bond acceptors (Lipinski definition) is 4. The Labute approximate surface area is 78.8 Å². The maximum atomic E-state index is 12.0. The van der Waals surface area contributed by atoms with Crippen molar-refractivity contribution in [2.45, 2.75) is 32.5 Å². The van der Waals surface area contributed by atoms with Crippen molar-refractivity contribution in [1.29, 1.82) is 0 Å². The van der Waals surface area contributed by atoms with Crippen molar-refractivity contribution in [2.24, 2.45) is 5.92 Å². The Balaban J connectivity index is 2.73. The summed E-state index contributed by atoms with van der Waals surface area (Å²) in [5, 5.41) is 8.64. The third-order valence-corrected chi connectivity index (χ3v) is 5.08. The third-order valence-electron chi connectivity index (χ3n) is 2.31. The SMILES string of the molecule is CCOP(=O)(OCC)C1(O)C[C@@H]1C. The fourth-order valence-electron chi connectivity index (χ4n) is 1.37. The van der Waals surface area contributed by atoms with E-state index in [0.717, 1.165) is 0 Å². The highest BCUT2D eigenvalue weighted by Crippen LogP contribution is 2.72. The van der Waals surface area contributed by atoms with Crippen molar-refractivity contribution in [1.82, 2.24) is 0 Å². The van der Waals surface area contributed by atoms with Gasteiger partial charge in [-0.05, 0) is 26.2 Å².